The topological polar surface area (TPSA) is 44.8 Å². The lowest BCUT2D eigenvalue weighted by Crippen LogP contribution is -2.52. The molecule has 0 aliphatic carbocycles. The van der Waals surface area contributed by atoms with Gasteiger partial charge in [0.05, 0.1) is 13.2 Å². The molecule has 1 aliphatic heterocycles. The summed E-state index contributed by atoms with van der Waals surface area (Å²) < 4.78 is 5.14. The van der Waals surface area contributed by atoms with Gasteiger partial charge < -0.3 is 15.0 Å². The molecule has 0 aromatic heterocycles. The molecule has 1 amide bonds. The third-order valence-corrected chi connectivity index (χ3v) is 5.01. The molecule has 1 heterocycles. The van der Waals surface area contributed by atoms with Crippen LogP contribution >= 0.6 is 11.6 Å². The molecule has 1 aliphatic rings. The van der Waals surface area contributed by atoms with E-state index in [0.29, 0.717) is 0 Å². The fourth-order valence-electron chi connectivity index (χ4n) is 3.13. The van der Waals surface area contributed by atoms with Crippen LogP contribution in [-0.2, 0) is 4.79 Å². The minimum Gasteiger partial charge on any atom is -0.497 e. The van der Waals surface area contributed by atoms with Crippen LogP contribution in [-0.4, -0.2) is 50.1 Å². The van der Waals surface area contributed by atoms with E-state index in [-0.39, 0.29) is 11.9 Å². The van der Waals surface area contributed by atoms with E-state index in [1.165, 1.54) is 0 Å². The molecular weight excluding hydrogens is 350 g/mol. The average Bonchev–Trinajstić information content (AvgIpc) is 2.68. The number of hydrogen-bond donors (Lipinski definition) is 1. The van der Waals surface area contributed by atoms with Gasteiger partial charge in [0, 0.05) is 42.6 Å². The number of benzene rings is 2. The Morgan fingerprint density at radius 1 is 1.12 bits per heavy atom. The Bertz CT molecular complexity index is 743. The Hall–Kier alpha value is -2.24. The first-order valence-corrected chi connectivity index (χ1v) is 9.14. The van der Waals surface area contributed by atoms with E-state index in [2.05, 4.69) is 21.2 Å². The van der Waals surface area contributed by atoms with Gasteiger partial charge in [-0.3, -0.25) is 9.69 Å². The summed E-state index contributed by atoms with van der Waals surface area (Å²) in [5.41, 5.74) is 1.91. The zero-order chi connectivity index (χ0) is 18.5. The minimum atomic E-state index is -0.182. The van der Waals surface area contributed by atoms with Crippen molar-refractivity contribution >= 4 is 28.9 Å². The molecule has 0 radical (unpaired) electrons. The fourth-order valence-corrected chi connectivity index (χ4v) is 3.31. The second kappa shape index (κ2) is 8.43. The van der Waals surface area contributed by atoms with E-state index in [0.717, 1.165) is 48.3 Å². The maximum absolute atomic E-state index is 12.5. The molecule has 1 saturated heterocycles. The zero-order valence-electron chi connectivity index (χ0n) is 15.1. The van der Waals surface area contributed by atoms with Crippen LogP contribution in [0.25, 0.3) is 0 Å². The Balaban J connectivity index is 1.53. The molecule has 138 valence electrons. The SMILES string of the molecule is COc1ccc(NC(=O)[C@@H](C)N2CCN(c3cccc(Cl)c3)CC2)cc1. The molecule has 26 heavy (non-hydrogen) atoms. The second-order valence-electron chi connectivity index (χ2n) is 6.40. The molecule has 1 N–H and O–H groups in total. The van der Waals surface area contributed by atoms with Gasteiger partial charge in [-0.25, -0.2) is 0 Å². The van der Waals surface area contributed by atoms with Crippen LogP contribution in [0.4, 0.5) is 11.4 Å². The minimum absolute atomic E-state index is 0.00590. The van der Waals surface area contributed by atoms with Crippen LogP contribution in [0.2, 0.25) is 5.02 Å². The quantitative estimate of drug-likeness (QED) is 0.871. The van der Waals surface area contributed by atoms with Crippen molar-refractivity contribution in [2.45, 2.75) is 13.0 Å². The number of piperazine rings is 1. The van der Waals surface area contributed by atoms with Gasteiger partial charge >= 0.3 is 0 Å². The summed E-state index contributed by atoms with van der Waals surface area (Å²) in [7, 11) is 1.62. The van der Waals surface area contributed by atoms with Gasteiger partial charge in [0.15, 0.2) is 0 Å². The molecule has 2 aromatic carbocycles. The van der Waals surface area contributed by atoms with Crippen molar-refractivity contribution in [3.63, 3.8) is 0 Å². The zero-order valence-corrected chi connectivity index (χ0v) is 15.9. The second-order valence-corrected chi connectivity index (χ2v) is 6.83. The van der Waals surface area contributed by atoms with Crippen molar-refractivity contribution < 1.29 is 9.53 Å². The third-order valence-electron chi connectivity index (χ3n) is 4.77. The first-order chi connectivity index (χ1) is 12.6. The van der Waals surface area contributed by atoms with E-state index in [4.69, 9.17) is 16.3 Å². The number of ether oxygens (including phenoxy) is 1. The molecule has 0 spiro atoms. The number of carbonyl (C=O) groups is 1. The normalized spacial score (nSPS) is 16.2. The summed E-state index contributed by atoms with van der Waals surface area (Å²) in [4.78, 5) is 17.1. The van der Waals surface area contributed by atoms with Crippen molar-refractivity contribution in [2.24, 2.45) is 0 Å². The van der Waals surface area contributed by atoms with Gasteiger partial charge in [-0.2, -0.15) is 0 Å². The smallest absolute Gasteiger partial charge is 0.241 e. The first kappa shape index (κ1) is 18.5. The maximum Gasteiger partial charge on any atom is 0.241 e. The Labute approximate surface area is 159 Å². The van der Waals surface area contributed by atoms with Crippen molar-refractivity contribution in [1.82, 2.24) is 4.90 Å². The van der Waals surface area contributed by atoms with Crippen molar-refractivity contribution in [3.8, 4) is 5.75 Å². The highest BCUT2D eigenvalue weighted by molar-refractivity contribution is 6.30. The number of nitrogens with one attached hydrogen (secondary N) is 1. The Morgan fingerprint density at radius 2 is 1.81 bits per heavy atom. The Kier molecular flexibility index (Phi) is 6.01. The van der Waals surface area contributed by atoms with Gasteiger partial charge in [-0.1, -0.05) is 17.7 Å². The van der Waals surface area contributed by atoms with Crippen LogP contribution in [0.3, 0.4) is 0 Å². The molecule has 0 saturated carbocycles. The number of anilines is 2. The highest BCUT2D eigenvalue weighted by Crippen LogP contribution is 2.21. The van der Waals surface area contributed by atoms with Crippen molar-refractivity contribution in [3.05, 3.63) is 53.6 Å². The van der Waals surface area contributed by atoms with Gasteiger partial charge in [0.25, 0.3) is 0 Å². The molecule has 0 unspecified atom stereocenters. The van der Waals surface area contributed by atoms with Gasteiger partial charge in [0.1, 0.15) is 5.75 Å². The molecular formula is C20H24ClN3O2. The molecule has 6 heteroatoms. The molecule has 1 atom stereocenters. The lowest BCUT2D eigenvalue weighted by Gasteiger charge is -2.38. The summed E-state index contributed by atoms with van der Waals surface area (Å²) in [5, 5.41) is 3.72. The summed E-state index contributed by atoms with van der Waals surface area (Å²) in [6, 6.07) is 15.1. The van der Waals surface area contributed by atoms with Crippen molar-refractivity contribution in [2.75, 3.05) is 43.5 Å². The lowest BCUT2D eigenvalue weighted by atomic mass is 10.2. The lowest BCUT2D eigenvalue weighted by molar-refractivity contribution is -0.120. The summed E-state index contributed by atoms with van der Waals surface area (Å²) in [5.74, 6) is 0.777. The number of amides is 1. The van der Waals surface area contributed by atoms with Crippen LogP contribution in [0.5, 0.6) is 5.75 Å². The molecule has 5 nitrogen and oxygen atoms in total. The number of halogens is 1. The van der Waals surface area contributed by atoms with Crippen LogP contribution in [0, 0.1) is 0 Å². The molecule has 1 fully saturated rings. The fraction of sp³-hybridized carbons (Fsp3) is 0.350. The maximum atomic E-state index is 12.5. The highest BCUT2D eigenvalue weighted by atomic mass is 35.5. The standard InChI is InChI=1S/C20H24ClN3O2/c1-15(20(25)22-17-6-8-19(26-2)9-7-17)23-10-12-24(13-11-23)18-5-3-4-16(21)14-18/h3-9,14-15H,10-13H2,1-2H3,(H,22,25)/t15-/m1/s1. The van der Waals surface area contributed by atoms with Crippen molar-refractivity contribution in [1.29, 1.82) is 0 Å². The van der Waals surface area contributed by atoms with E-state index in [1.54, 1.807) is 7.11 Å². The number of nitrogens with zero attached hydrogens (tertiary/aromatic N) is 2. The molecule has 2 aromatic rings. The summed E-state index contributed by atoms with van der Waals surface area (Å²) in [6.07, 6.45) is 0. The predicted octanol–water partition coefficient (Wildman–Crippen LogP) is 3.50. The van der Waals surface area contributed by atoms with E-state index >= 15 is 0 Å². The summed E-state index contributed by atoms with van der Waals surface area (Å²) >= 11 is 6.08. The molecule has 0 bridgehead atoms. The van der Waals surface area contributed by atoms with Crippen LogP contribution < -0.4 is 15.0 Å². The first-order valence-electron chi connectivity index (χ1n) is 8.76. The third kappa shape index (κ3) is 4.48. The van der Waals surface area contributed by atoms with E-state index in [1.807, 2.05) is 49.4 Å². The van der Waals surface area contributed by atoms with Gasteiger partial charge in [-0.15, -0.1) is 0 Å². The number of rotatable bonds is 5. The summed E-state index contributed by atoms with van der Waals surface area (Å²) in [6.45, 7) is 5.38. The van der Waals surface area contributed by atoms with E-state index in [9.17, 15) is 4.79 Å². The number of methoxy groups -OCH3 is 1. The predicted molar refractivity (Wildman–Crippen MR) is 106 cm³/mol. The van der Waals surface area contributed by atoms with Gasteiger partial charge in [0.2, 0.25) is 5.91 Å². The number of carbonyl (C=O) groups excluding carboxylic acids is 1. The van der Waals surface area contributed by atoms with E-state index < -0.39 is 0 Å². The van der Waals surface area contributed by atoms with Gasteiger partial charge in [-0.05, 0) is 49.4 Å². The van der Waals surface area contributed by atoms with Crippen LogP contribution in [0.1, 0.15) is 6.92 Å². The number of hydrogen-bond acceptors (Lipinski definition) is 4. The largest absolute Gasteiger partial charge is 0.497 e. The monoisotopic (exact) mass is 373 g/mol. The average molecular weight is 374 g/mol. The van der Waals surface area contributed by atoms with Crippen LogP contribution in [0.15, 0.2) is 48.5 Å². The Morgan fingerprint density at radius 3 is 2.42 bits per heavy atom. The molecule has 3 rings (SSSR count). The highest BCUT2D eigenvalue weighted by Gasteiger charge is 2.25.